The topological polar surface area (TPSA) is 27.3 Å². The standard InChI is InChI=1S/C16H26N2O2/c1-4-20-16-12-14(6-7-15(16)19-3)13-18-9-5-8-17(2)10-11-18/h6-7,12H,4-5,8-11,13H2,1-3H3/p+2. The zero-order valence-corrected chi connectivity index (χ0v) is 13.0. The van der Waals surface area contributed by atoms with E-state index in [0.717, 1.165) is 18.0 Å². The predicted molar refractivity (Wildman–Crippen MR) is 79.8 cm³/mol. The van der Waals surface area contributed by atoms with Gasteiger partial charge in [0.2, 0.25) is 0 Å². The molecule has 1 heterocycles. The van der Waals surface area contributed by atoms with E-state index >= 15 is 0 Å². The summed E-state index contributed by atoms with van der Waals surface area (Å²) in [4.78, 5) is 3.33. The third-order valence-corrected chi connectivity index (χ3v) is 4.02. The third-order valence-electron chi connectivity index (χ3n) is 4.02. The number of methoxy groups -OCH3 is 1. The van der Waals surface area contributed by atoms with Gasteiger partial charge in [0.15, 0.2) is 11.5 Å². The van der Waals surface area contributed by atoms with E-state index in [0.29, 0.717) is 6.61 Å². The van der Waals surface area contributed by atoms with Crippen molar-refractivity contribution in [3.8, 4) is 11.5 Å². The molecule has 1 aromatic rings. The van der Waals surface area contributed by atoms with Gasteiger partial charge < -0.3 is 19.3 Å². The highest BCUT2D eigenvalue weighted by molar-refractivity contribution is 5.42. The number of benzene rings is 1. The fourth-order valence-corrected chi connectivity index (χ4v) is 2.85. The lowest BCUT2D eigenvalue weighted by Crippen LogP contribution is -3.15. The molecule has 1 fully saturated rings. The molecule has 4 nitrogen and oxygen atoms in total. The van der Waals surface area contributed by atoms with Crippen LogP contribution in [0.1, 0.15) is 18.9 Å². The summed E-state index contributed by atoms with van der Waals surface area (Å²) in [5, 5.41) is 0. The van der Waals surface area contributed by atoms with E-state index in [-0.39, 0.29) is 0 Å². The van der Waals surface area contributed by atoms with Crippen LogP contribution in [-0.2, 0) is 6.54 Å². The second-order valence-corrected chi connectivity index (χ2v) is 5.66. The van der Waals surface area contributed by atoms with Crippen LogP contribution in [0.2, 0.25) is 0 Å². The van der Waals surface area contributed by atoms with Gasteiger partial charge in [-0.2, -0.15) is 0 Å². The van der Waals surface area contributed by atoms with Crippen molar-refractivity contribution in [2.75, 3.05) is 46.9 Å². The van der Waals surface area contributed by atoms with E-state index in [1.807, 2.05) is 13.0 Å². The summed E-state index contributed by atoms with van der Waals surface area (Å²) in [7, 11) is 3.99. The molecular formula is C16H28N2O2+2. The molecule has 0 spiro atoms. The molecule has 0 amide bonds. The minimum atomic E-state index is 0.671. The lowest BCUT2D eigenvalue weighted by atomic mass is 10.2. The highest BCUT2D eigenvalue weighted by Gasteiger charge is 2.18. The minimum absolute atomic E-state index is 0.671. The highest BCUT2D eigenvalue weighted by Crippen LogP contribution is 2.27. The van der Waals surface area contributed by atoms with E-state index in [1.54, 1.807) is 16.9 Å². The quantitative estimate of drug-likeness (QED) is 0.753. The average molecular weight is 280 g/mol. The first-order chi connectivity index (χ1) is 9.72. The molecule has 2 unspecified atom stereocenters. The van der Waals surface area contributed by atoms with Crippen molar-refractivity contribution < 1.29 is 19.3 Å². The van der Waals surface area contributed by atoms with Gasteiger partial charge in [0.1, 0.15) is 19.6 Å². The zero-order chi connectivity index (χ0) is 14.4. The molecule has 0 radical (unpaired) electrons. The Morgan fingerprint density at radius 2 is 1.95 bits per heavy atom. The van der Waals surface area contributed by atoms with Gasteiger partial charge in [0.05, 0.1) is 33.9 Å². The Balaban J connectivity index is 2.03. The number of ether oxygens (including phenoxy) is 2. The summed E-state index contributed by atoms with van der Waals surface area (Å²) in [6, 6.07) is 6.32. The molecule has 4 heteroatoms. The first kappa shape index (κ1) is 15.1. The van der Waals surface area contributed by atoms with E-state index < -0.39 is 0 Å². The second-order valence-electron chi connectivity index (χ2n) is 5.66. The fraction of sp³-hybridized carbons (Fsp3) is 0.625. The normalized spacial score (nSPS) is 23.1. The van der Waals surface area contributed by atoms with Gasteiger partial charge in [-0.1, -0.05) is 0 Å². The van der Waals surface area contributed by atoms with Crippen LogP contribution in [0, 0.1) is 0 Å². The molecule has 0 aliphatic carbocycles. The Morgan fingerprint density at radius 1 is 1.10 bits per heavy atom. The van der Waals surface area contributed by atoms with Crippen LogP contribution >= 0.6 is 0 Å². The number of hydrogen-bond acceptors (Lipinski definition) is 2. The van der Waals surface area contributed by atoms with Crippen molar-refractivity contribution in [2.45, 2.75) is 19.9 Å². The summed E-state index contributed by atoms with van der Waals surface area (Å²) >= 11 is 0. The summed E-state index contributed by atoms with van der Waals surface area (Å²) in [5.74, 6) is 1.69. The Hall–Kier alpha value is -1.26. The fourth-order valence-electron chi connectivity index (χ4n) is 2.85. The third kappa shape index (κ3) is 4.12. The molecule has 2 rings (SSSR count). The van der Waals surface area contributed by atoms with Crippen molar-refractivity contribution in [1.82, 2.24) is 0 Å². The molecule has 112 valence electrons. The summed E-state index contributed by atoms with van der Waals surface area (Å²) in [6.45, 7) is 8.85. The van der Waals surface area contributed by atoms with Gasteiger partial charge in [-0.05, 0) is 25.1 Å². The van der Waals surface area contributed by atoms with Crippen molar-refractivity contribution >= 4 is 0 Å². The van der Waals surface area contributed by atoms with Crippen molar-refractivity contribution in [2.24, 2.45) is 0 Å². The molecule has 1 aliphatic heterocycles. The molecule has 1 saturated heterocycles. The highest BCUT2D eigenvalue weighted by atomic mass is 16.5. The molecule has 1 aromatic carbocycles. The van der Waals surface area contributed by atoms with Gasteiger partial charge >= 0.3 is 0 Å². The van der Waals surface area contributed by atoms with Gasteiger partial charge in [0.25, 0.3) is 0 Å². The van der Waals surface area contributed by atoms with Crippen LogP contribution in [0.15, 0.2) is 18.2 Å². The zero-order valence-electron chi connectivity index (χ0n) is 13.0. The van der Waals surface area contributed by atoms with E-state index in [1.165, 1.54) is 38.2 Å². The maximum Gasteiger partial charge on any atom is 0.161 e. The second kappa shape index (κ2) is 7.50. The molecule has 0 saturated carbocycles. The first-order valence-electron chi connectivity index (χ1n) is 7.67. The lowest BCUT2D eigenvalue weighted by molar-refractivity contribution is -0.938. The molecule has 2 atom stereocenters. The van der Waals surface area contributed by atoms with Crippen LogP contribution in [0.4, 0.5) is 0 Å². The van der Waals surface area contributed by atoms with Gasteiger partial charge in [-0.25, -0.2) is 0 Å². The number of nitrogens with one attached hydrogen (secondary N) is 2. The molecule has 0 aromatic heterocycles. The van der Waals surface area contributed by atoms with Gasteiger partial charge in [-0.15, -0.1) is 0 Å². The molecular weight excluding hydrogens is 252 g/mol. The van der Waals surface area contributed by atoms with Gasteiger partial charge in [-0.3, -0.25) is 0 Å². The van der Waals surface area contributed by atoms with E-state index in [4.69, 9.17) is 9.47 Å². The Kier molecular flexibility index (Phi) is 5.68. The number of hydrogen-bond donors (Lipinski definition) is 2. The maximum atomic E-state index is 5.66. The van der Waals surface area contributed by atoms with Crippen molar-refractivity contribution in [3.05, 3.63) is 23.8 Å². The van der Waals surface area contributed by atoms with Crippen LogP contribution in [0.3, 0.4) is 0 Å². The number of likely N-dealkylation sites (N-methyl/N-ethyl adjacent to an activating group) is 1. The van der Waals surface area contributed by atoms with Crippen LogP contribution < -0.4 is 19.3 Å². The molecule has 2 N–H and O–H groups in total. The monoisotopic (exact) mass is 280 g/mol. The van der Waals surface area contributed by atoms with Crippen LogP contribution in [0.25, 0.3) is 0 Å². The summed E-state index contributed by atoms with van der Waals surface area (Å²) < 4.78 is 11.0. The van der Waals surface area contributed by atoms with Crippen LogP contribution in [-0.4, -0.2) is 46.9 Å². The van der Waals surface area contributed by atoms with Gasteiger partial charge in [0, 0.05) is 12.0 Å². The molecule has 20 heavy (non-hydrogen) atoms. The first-order valence-corrected chi connectivity index (χ1v) is 7.67. The molecule has 1 aliphatic rings. The van der Waals surface area contributed by atoms with Crippen molar-refractivity contribution in [1.29, 1.82) is 0 Å². The molecule has 0 bridgehead atoms. The largest absolute Gasteiger partial charge is 0.493 e. The minimum Gasteiger partial charge on any atom is -0.493 e. The van der Waals surface area contributed by atoms with Crippen molar-refractivity contribution in [3.63, 3.8) is 0 Å². The maximum absolute atomic E-state index is 5.66. The Labute approximate surface area is 122 Å². The van der Waals surface area contributed by atoms with E-state index in [2.05, 4.69) is 19.2 Å². The van der Waals surface area contributed by atoms with Crippen LogP contribution in [0.5, 0.6) is 11.5 Å². The summed E-state index contributed by atoms with van der Waals surface area (Å²) in [5.41, 5.74) is 1.34. The lowest BCUT2D eigenvalue weighted by Gasteiger charge is -2.17. The number of quaternary nitrogens is 2. The number of rotatable bonds is 5. The predicted octanol–water partition coefficient (Wildman–Crippen LogP) is -0.603. The average Bonchev–Trinajstić information content (AvgIpc) is 2.65. The Morgan fingerprint density at radius 3 is 2.70 bits per heavy atom. The Bertz CT molecular complexity index is 423. The van der Waals surface area contributed by atoms with E-state index in [9.17, 15) is 0 Å². The SMILES string of the molecule is CCOc1cc(C[NH+]2CCC[NH+](C)CC2)ccc1OC. The smallest absolute Gasteiger partial charge is 0.161 e. The summed E-state index contributed by atoms with van der Waals surface area (Å²) in [6.07, 6.45) is 1.32.